The molecule has 0 radical (unpaired) electrons. The maximum atomic E-state index is 10.9. The summed E-state index contributed by atoms with van der Waals surface area (Å²) in [6.07, 6.45) is 15.8. The van der Waals surface area contributed by atoms with Crippen molar-refractivity contribution in [1.82, 2.24) is 0 Å². The smallest absolute Gasteiger partial charge is 0.0594 e. The van der Waals surface area contributed by atoms with Crippen LogP contribution in [0.4, 0.5) is 0 Å². The molecule has 5 aliphatic rings. The van der Waals surface area contributed by atoms with E-state index in [1.807, 2.05) is 5.57 Å². The largest absolute Gasteiger partial charge is 0.393 e. The molecular formula is C30H50O. The van der Waals surface area contributed by atoms with Gasteiger partial charge in [0.25, 0.3) is 0 Å². The Kier molecular flexibility index (Phi) is 4.66. The van der Waals surface area contributed by atoms with E-state index < -0.39 is 0 Å². The van der Waals surface area contributed by atoms with Gasteiger partial charge in [0.2, 0.25) is 0 Å². The fourth-order valence-electron chi connectivity index (χ4n) is 10.8. The topological polar surface area (TPSA) is 20.2 Å². The Bertz CT molecular complexity index is 790. The van der Waals surface area contributed by atoms with Gasteiger partial charge >= 0.3 is 0 Å². The maximum absolute atomic E-state index is 10.9. The van der Waals surface area contributed by atoms with Crippen molar-refractivity contribution in [3.8, 4) is 0 Å². The van der Waals surface area contributed by atoms with E-state index in [1.54, 1.807) is 0 Å². The SMILES string of the molecule is CC1(C)CC[C@]2(C)CC=C3[C@]4(C)CC[C@@H]5C(C)(C)[C@H](O)CC[C@@]5(C)[C@H]4CC[C@]3(C)[C@H]2C1. The van der Waals surface area contributed by atoms with Gasteiger partial charge in [-0.3, -0.25) is 0 Å². The zero-order valence-electron chi connectivity index (χ0n) is 21.9. The van der Waals surface area contributed by atoms with Crippen LogP contribution in [-0.2, 0) is 0 Å². The van der Waals surface area contributed by atoms with Crippen molar-refractivity contribution in [2.75, 3.05) is 0 Å². The Morgan fingerprint density at radius 2 is 1.32 bits per heavy atom. The van der Waals surface area contributed by atoms with Crippen LogP contribution in [0.3, 0.4) is 0 Å². The molecule has 0 bridgehead atoms. The highest BCUT2D eigenvalue weighted by Gasteiger charge is 2.66. The molecule has 0 saturated heterocycles. The van der Waals surface area contributed by atoms with Gasteiger partial charge in [-0.05, 0) is 114 Å². The second kappa shape index (κ2) is 6.43. The molecule has 4 saturated carbocycles. The normalized spacial score (nSPS) is 55.2. The summed E-state index contributed by atoms with van der Waals surface area (Å²) < 4.78 is 0. The van der Waals surface area contributed by atoms with Crippen molar-refractivity contribution >= 4 is 0 Å². The third-order valence-corrected chi connectivity index (χ3v) is 12.7. The highest BCUT2D eigenvalue weighted by Crippen LogP contribution is 2.74. The van der Waals surface area contributed by atoms with Crippen LogP contribution >= 0.6 is 0 Å². The number of aliphatic hydroxyl groups is 1. The number of hydrogen-bond acceptors (Lipinski definition) is 1. The van der Waals surface area contributed by atoms with Gasteiger partial charge in [0.05, 0.1) is 6.10 Å². The summed E-state index contributed by atoms with van der Waals surface area (Å²) in [4.78, 5) is 0. The molecule has 5 rings (SSSR count). The zero-order valence-corrected chi connectivity index (χ0v) is 21.9. The molecule has 4 fully saturated rings. The average molecular weight is 427 g/mol. The molecular weight excluding hydrogens is 376 g/mol. The number of hydrogen-bond donors (Lipinski definition) is 1. The molecule has 0 amide bonds. The molecule has 31 heavy (non-hydrogen) atoms. The Hall–Kier alpha value is -0.300. The number of rotatable bonds is 0. The second-order valence-corrected chi connectivity index (χ2v) is 15.3. The van der Waals surface area contributed by atoms with Crippen LogP contribution < -0.4 is 0 Å². The van der Waals surface area contributed by atoms with Gasteiger partial charge in [-0.1, -0.05) is 67.0 Å². The van der Waals surface area contributed by atoms with Crippen LogP contribution in [0.15, 0.2) is 11.6 Å². The van der Waals surface area contributed by atoms with E-state index >= 15 is 0 Å². The molecule has 8 atom stereocenters. The minimum Gasteiger partial charge on any atom is -0.393 e. The average Bonchev–Trinajstić information content (AvgIpc) is 2.66. The van der Waals surface area contributed by atoms with Gasteiger partial charge in [0.15, 0.2) is 0 Å². The van der Waals surface area contributed by atoms with Crippen molar-refractivity contribution in [2.45, 2.75) is 126 Å². The number of allylic oxidation sites excluding steroid dienone is 2. The summed E-state index contributed by atoms with van der Waals surface area (Å²) >= 11 is 0. The predicted octanol–water partition coefficient (Wildman–Crippen LogP) is 8.17. The molecule has 0 aromatic heterocycles. The number of fused-ring (bicyclic) bond motifs is 7. The first-order valence-electron chi connectivity index (χ1n) is 13.6. The quantitative estimate of drug-likeness (QED) is 0.387. The van der Waals surface area contributed by atoms with Gasteiger partial charge in [-0.2, -0.15) is 0 Å². The summed E-state index contributed by atoms with van der Waals surface area (Å²) in [7, 11) is 0. The van der Waals surface area contributed by atoms with E-state index in [0.29, 0.717) is 33.0 Å². The monoisotopic (exact) mass is 426 g/mol. The Balaban J connectivity index is 1.56. The van der Waals surface area contributed by atoms with Gasteiger partial charge < -0.3 is 5.11 Å². The Morgan fingerprint density at radius 1 is 0.710 bits per heavy atom. The Labute approximate surface area is 192 Å². The Morgan fingerprint density at radius 3 is 2.00 bits per heavy atom. The lowest BCUT2D eigenvalue weighted by Crippen LogP contribution is -2.63. The van der Waals surface area contributed by atoms with E-state index in [1.165, 1.54) is 57.8 Å². The van der Waals surface area contributed by atoms with Crippen LogP contribution in [0.2, 0.25) is 0 Å². The molecule has 1 heteroatoms. The fourth-order valence-corrected chi connectivity index (χ4v) is 10.8. The molecule has 0 spiro atoms. The molecule has 0 aromatic rings. The zero-order chi connectivity index (χ0) is 22.7. The maximum Gasteiger partial charge on any atom is 0.0594 e. The fraction of sp³-hybridized carbons (Fsp3) is 0.933. The van der Waals surface area contributed by atoms with E-state index in [9.17, 15) is 5.11 Å². The molecule has 0 heterocycles. The highest BCUT2D eigenvalue weighted by molar-refractivity contribution is 5.34. The van der Waals surface area contributed by atoms with E-state index in [4.69, 9.17) is 0 Å². The van der Waals surface area contributed by atoms with Crippen LogP contribution in [0.1, 0.15) is 120 Å². The summed E-state index contributed by atoms with van der Waals surface area (Å²) in [5.74, 6) is 2.29. The van der Waals surface area contributed by atoms with Gasteiger partial charge in [-0.15, -0.1) is 0 Å². The van der Waals surface area contributed by atoms with Crippen LogP contribution in [0, 0.1) is 50.2 Å². The molecule has 5 aliphatic carbocycles. The van der Waals surface area contributed by atoms with E-state index in [2.05, 4.69) is 61.5 Å². The molecule has 1 nitrogen and oxygen atoms in total. The van der Waals surface area contributed by atoms with E-state index in [0.717, 1.165) is 18.3 Å². The van der Waals surface area contributed by atoms with Crippen molar-refractivity contribution in [3.05, 3.63) is 11.6 Å². The predicted molar refractivity (Wildman–Crippen MR) is 131 cm³/mol. The summed E-state index contributed by atoms with van der Waals surface area (Å²) in [6, 6.07) is 0. The summed E-state index contributed by atoms with van der Waals surface area (Å²) in [5, 5.41) is 10.9. The standard InChI is InChI=1S/C30H50O/c1-25(2)17-18-27(5)13-9-21-29(7)14-10-20-26(3,4)24(31)12-16-28(20,6)22(29)11-15-30(21,8)23(27)19-25/h9,20,22-24,31H,10-19H2,1-8H3/t20-,22-,23+,24-,27+,28-,29+,30+/m1/s1. The van der Waals surface area contributed by atoms with Gasteiger partial charge in [0, 0.05) is 0 Å². The van der Waals surface area contributed by atoms with Crippen LogP contribution in [-0.4, -0.2) is 11.2 Å². The minimum absolute atomic E-state index is 0.0575. The second-order valence-electron chi connectivity index (χ2n) is 15.3. The van der Waals surface area contributed by atoms with Crippen molar-refractivity contribution in [1.29, 1.82) is 0 Å². The molecule has 0 aromatic carbocycles. The van der Waals surface area contributed by atoms with Crippen molar-refractivity contribution in [3.63, 3.8) is 0 Å². The first-order chi connectivity index (χ1) is 14.2. The van der Waals surface area contributed by atoms with Crippen LogP contribution in [0.25, 0.3) is 0 Å². The molecule has 0 aliphatic heterocycles. The summed E-state index contributed by atoms with van der Waals surface area (Å²) in [5.41, 5.74) is 4.07. The first-order valence-corrected chi connectivity index (χ1v) is 13.6. The lowest BCUT2D eigenvalue weighted by atomic mass is 9.35. The number of aliphatic hydroxyl groups excluding tert-OH is 1. The minimum atomic E-state index is -0.122. The lowest BCUT2D eigenvalue weighted by molar-refractivity contribution is -0.184. The molecule has 1 N–H and O–H groups in total. The third kappa shape index (κ3) is 2.83. The molecule has 176 valence electrons. The first kappa shape index (κ1) is 22.5. The molecule has 0 unspecified atom stereocenters. The summed E-state index contributed by atoms with van der Waals surface area (Å²) in [6.45, 7) is 20.4. The van der Waals surface area contributed by atoms with Crippen LogP contribution in [0.5, 0.6) is 0 Å². The van der Waals surface area contributed by atoms with Gasteiger partial charge in [-0.25, -0.2) is 0 Å². The lowest BCUT2D eigenvalue weighted by Gasteiger charge is -2.70. The van der Waals surface area contributed by atoms with Gasteiger partial charge in [0.1, 0.15) is 0 Å². The third-order valence-electron chi connectivity index (χ3n) is 12.7. The highest BCUT2D eigenvalue weighted by atomic mass is 16.3. The van der Waals surface area contributed by atoms with Crippen molar-refractivity contribution in [2.24, 2.45) is 50.2 Å². The van der Waals surface area contributed by atoms with Crippen molar-refractivity contribution < 1.29 is 5.11 Å². The van der Waals surface area contributed by atoms with E-state index in [-0.39, 0.29) is 11.5 Å².